The largest absolute Gasteiger partial charge is 0.481 e. The van der Waals surface area contributed by atoms with E-state index in [1.807, 2.05) is 0 Å². The fraction of sp³-hybridized carbons (Fsp3) is 0.727. The number of carbonyl (C=O) groups excluding carboxylic acids is 4. The van der Waals surface area contributed by atoms with Crippen molar-refractivity contribution in [2.45, 2.75) is 90.7 Å². The van der Waals surface area contributed by atoms with Gasteiger partial charge in [0.1, 0.15) is 12.7 Å². The van der Waals surface area contributed by atoms with Crippen molar-refractivity contribution in [1.82, 2.24) is 0 Å². The lowest BCUT2D eigenvalue weighted by Gasteiger charge is -2.46. The van der Waals surface area contributed by atoms with Crippen LogP contribution >= 0.6 is 0 Å². The number of hydrogen-bond donors (Lipinski definition) is 2. The number of carboxylic acids is 2. The smallest absolute Gasteiger partial charge is 0.336 e. The van der Waals surface area contributed by atoms with Crippen molar-refractivity contribution in [3.63, 3.8) is 0 Å². The summed E-state index contributed by atoms with van der Waals surface area (Å²) in [5.41, 5.74) is -2.36. The quantitative estimate of drug-likeness (QED) is 0.265. The molecular formula is C22H32O14. The molecule has 0 saturated carbocycles. The summed E-state index contributed by atoms with van der Waals surface area (Å²) in [5, 5.41) is 19.4. The maximum atomic E-state index is 12.3. The van der Waals surface area contributed by atoms with Gasteiger partial charge in [0.25, 0.3) is 0 Å². The maximum Gasteiger partial charge on any atom is 0.336 e. The highest BCUT2D eigenvalue weighted by molar-refractivity contribution is 5.84. The second-order valence-electron chi connectivity index (χ2n) is 8.65. The summed E-state index contributed by atoms with van der Waals surface area (Å²) in [6.07, 6.45) is -9.25. The third kappa shape index (κ3) is 9.07. The number of esters is 4. The molecule has 14 nitrogen and oxygen atoms in total. The summed E-state index contributed by atoms with van der Waals surface area (Å²) in [5.74, 6) is -6.90. The molecule has 0 amide bonds. The zero-order valence-electron chi connectivity index (χ0n) is 20.9. The van der Waals surface area contributed by atoms with Crippen molar-refractivity contribution >= 4 is 35.8 Å². The van der Waals surface area contributed by atoms with E-state index in [-0.39, 0.29) is 12.3 Å². The average Bonchev–Trinajstić information content (AvgIpc) is 2.68. The van der Waals surface area contributed by atoms with Crippen LogP contribution in [-0.4, -0.2) is 88.9 Å². The lowest BCUT2D eigenvalue weighted by molar-refractivity contribution is -0.330. The summed E-state index contributed by atoms with van der Waals surface area (Å²) in [6.45, 7) is 6.87. The number of hydrogen-bond acceptors (Lipinski definition) is 12. The van der Waals surface area contributed by atoms with Crippen molar-refractivity contribution in [3.8, 4) is 0 Å². The van der Waals surface area contributed by atoms with Gasteiger partial charge in [-0.3, -0.25) is 24.0 Å². The standard InChI is InChI=1S/C22H32O14/c1-10(2)7-22(21(29)30,8-16(27)28)36-20-19(34-14(6)26)18(33-13(5)25)17(32-12(4)24)15(35-20)9-31-11(3)23/h10,15,17-20H,7-9H2,1-6H3,(H,27,28)(H,29,30)/t15-,17-,18+,19-,20+,22-/m1/s1. The van der Waals surface area contributed by atoms with Gasteiger partial charge in [-0.15, -0.1) is 0 Å². The van der Waals surface area contributed by atoms with Crippen LogP contribution in [0.5, 0.6) is 0 Å². The molecule has 2 N–H and O–H groups in total. The number of carbonyl (C=O) groups is 6. The van der Waals surface area contributed by atoms with Gasteiger partial charge < -0.3 is 38.6 Å². The first-order valence-corrected chi connectivity index (χ1v) is 11.0. The van der Waals surface area contributed by atoms with E-state index >= 15 is 0 Å². The van der Waals surface area contributed by atoms with Crippen LogP contribution in [0.2, 0.25) is 0 Å². The Hall–Kier alpha value is -3.26. The molecule has 36 heavy (non-hydrogen) atoms. The van der Waals surface area contributed by atoms with E-state index in [2.05, 4.69) is 0 Å². The fourth-order valence-electron chi connectivity index (χ4n) is 3.78. The summed E-state index contributed by atoms with van der Waals surface area (Å²) in [6, 6.07) is 0. The number of ether oxygens (including phenoxy) is 6. The first-order chi connectivity index (χ1) is 16.6. The van der Waals surface area contributed by atoms with Crippen molar-refractivity contribution in [2.24, 2.45) is 5.92 Å². The van der Waals surface area contributed by atoms with Crippen LogP contribution in [0.25, 0.3) is 0 Å². The van der Waals surface area contributed by atoms with Crippen LogP contribution in [0.15, 0.2) is 0 Å². The molecule has 0 spiro atoms. The molecule has 1 aliphatic rings. The summed E-state index contributed by atoms with van der Waals surface area (Å²) >= 11 is 0. The number of rotatable bonds is 12. The Bertz CT molecular complexity index is 852. The van der Waals surface area contributed by atoms with E-state index < -0.39 is 85.2 Å². The van der Waals surface area contributed by atoms with Gasteiger partial charge >= 0.3 is 35.8 Å². The van der Waals surface area contributed by atoms with Crippen LogP contribution in [0.4, 0.5) is 0 Å². The normalized spacial score (nSPS) is 25.2. The lowest BCUT2D eigenvalue weighted by atomic mass is 9.88. The Morgan fingerprint density at radius 2 is 1.31 bits per heavy atom. The molecule has 6 atom stereocenters. The Balaban J connectivity index is 3.65. The predicted molar refractivity (Wildman–Crippen MR) is 115 cm³/mol. The minimum Gasteiger partial charge on any atom is -0.481 e. The third-order valence-corrected chi connectivity index (χ3v) is 4.85. The van der Waals surface area contributed by atoms with Gasteiger partial charge in [0.05, 0.1) is 6.42 Å². The predicted octanol–water partition coefficient (Wildman–Crippen LogP) is 0.430. The molecule has 0 unspecified atom stereocenters. The monoisotopic (exact) mass is 520 g/mol. The van der Waals surface area contributed by atoms with Crippen LogP contribution in [0, 0.1) is 5.92 Å². The van der Waals surface area contributed by atoms with Crippen molar-refractivity contribution in [2.75, 3.05) is 6.61 Å². The van der Waals surface area contributed by atoms with Crippen molar-refractivity contribution in [3.05, 3.63) is 0 Å². The zero-order valence-corrected chi connectivity index (χ0v) is 20.9. The first-order valence-electron chi connectivity index (χ1n) is 11.0. The van der Waals surface area contributed by atoms with Gasteiger partial charge in [-0.1, -0.05) is 13.8 Å². The van der Waals surface area contributed by atoms with Crippen LogP contribution < -0.4 is 0 Å². The molecule has 0 aliphatic carbocycles. The molecule has 1 heterocycles. The molecule has 0 aromatic heterocycles. The average molecular weight is 520 g/mol. The van der Waals surface area contributed by atoms with E-state index in [9.17, 15) is 39.0 Å². The van der Waals surface area contributed by atoms with Crippen LogP contribution in [0.3, 0.4) is 0 Å². The number of aliphatic carboxylic acids is 2. The highest BCUT2D eigenvalue weighted by Crippen LogP contribution is 2.35. The van der Waals surface area contributed by atoms with Gasteiger partial charge in [-0.25, -0.2) is 4.79 Å². The van der Waals surface area contributed by atoms with Gasteiger partial charge in [0.2, 0.25) is 6.29 Å². The zero-order chi connectivity index (χ0) is 27.8. The molecule has 1 fully saturated rings. The molecule has 0 bridgehead atoms. The Morgan fingerprint density at radius 3 is 1.72 bits per heavy atom. The van der Waals surface area contributed by atoms with E-state index in [4.69, 9.17) is 28.4 Å². The van der Waals surface area contributed by atoms with E-state index in [0.29, 0.717) is 0 Å². The molecule has 0 aromatic rings. The van der Waals surface area contributed by atoms with E-state index in [1.165, 1.54) is 0 Å². The molecular weight excluding hydrogens is 488 g/mol. The Labute approximate surface area is 207 Å². The molecule has 0 aromatic carbocycles. The van der Waals surface area contributed by atoms with Crippen LogP contribution in [0.1, 0.15) is 54.4 Å². The molecule has 1 aliphatic heterocycles. The highest BCUT2D eigenvalue weighted by atomic mass is 16.7. The maximum absolute atomic E-state index is 12.3. The second-order valence-corrected chi connectivity index (χ2v) is 8.65. The van der Waals surface area contributed by atoms with Gasteiger partial charge in [0, 0.05) is 27.7 Å². The minimum atomic E-state index is -2.36. The summed E-state index contributed by atoms with van der Waals surface area (Å²) in [7, 11) is 0. The van der Waals surface area contributed by atoms with Gasteiger partial charge in [-0.05, 0) is 12.3 Å². The van der Waals surface area contributed by atoms with Crippen molar-refractivity contribution < 1.29 is 67.4 Å². The minimum absolute atomic E-state index is 0.290. The summed E-state index contributed by atoms with van der Waals surface area (Å²) < 4.78 is 32.1. The SMILES string of the molecule is CC(=O)OC[C@H]1O[C@@H](O[C@@](CC(=O)O)(CC(C)C)C(=O)O)[C@H](OC(C)=O)[C@@H](OC(C)=O)[C@@H]1OC(C)=O. The van der Waals surface area contributed by atoms with E-state index in [0.717, 1.165) is 27.7 Å². The third-order valence-electron chi connectivity index (χ3n) is 4.85. The van der Waals surface area contributed by atoms with Crippen LogP contribution in [-0.2, 0) is 57.2 Å². The van der Waals surface area contributed by atoms with Gasteiger partial charge in [-0.2, -0.15) is 0 Å². The molecule has 1 saturated heterocycles. The molecule has 1 rings (SSSR count). The Kier molecular flexibility index (Phi) is 11.2. The first kappa shape index (κ1) is 30.8. The second kappa shape index (κ2) is 13.2. The van der Waals surface area contributed by atoms with E-state index in [1.54, 1.807) is 13.8 Å². The number of carboxylic acid groups (broad SMARTS) is 2. The molecule has 14 heteroatoms. The Morgan fingerprint density at radius 1 is 0.806 bits per heavy atom. The molecule has 204 valence electrons. The van der Waals surface area contributed by atoms with Gasteiger partial charge in [0.15, 0.2) is 23.9 Å². The lowest BCUT2D eigenvalue weighted by Crippen LogP contribution is -2.65. The molecule has 0 radical (unpaired) electrons. The highest BCUT2D eigenvalue weighted by Gasteiger charge is 2.56. The van der Waals surface area contributed by atoms with Crippen molar-refractivity contribution in [1.29, 1.82) is 0 Å². The summed E-state index contributed by atoms with van der Waals surface area (Å²) in [4.78, 5) is 70.9. The fourth-order valence-corrected chi connectivity index (χ4v) is 3.78. The topological polar surface area (TPSA) is 198 Å².